The summed E-state index contributed by atoms with van der Waals surface area (Å²) in [4.78, 5) is 9.23. The zero-order valence-corrected chi connectivity index (χ0v) is 16.5. The van der Waals surface area contributed by atoms with E-state index in [-0.39, 0.29) is 5.75 Å². The Labute approximate surface area is 173 Å². The van der Waals surface area contributed by atoms with E-state index in [1.54, 1.807) is 18.3 Å². The summed E-state index contributed by atoms with van der Waals surface area (Å²) in [6, 6.07) is 17.5. The lowest BCUT2D eigenvalue weighted by molar-refractivity contribution is -0.274. The molecule has 30 heavy (non-hydrogen) atoms. The lowest BCUT2D eigenvalue weighted by atomic mass is 10.1. The van der Waals surface area contributed by atoms with Crippen molar-refractivity contribution in [2.45, 2.75) is 19.2 Å². The number of rotatable bonds is 6. The van der Waals surface area contributed by atoms with Gasteiger partial charge in [0.25, 0.3) is 0 Å². The van der Waals surface area contributed by atoms with Gasteiger partial charge >= 0.3 is 6.36 Å². The summed E-state index contributed by atoms with van der Waals surface area (Å²) in [5.74, 6) is -0.178. The van der Waals surface area contributed by atoms with Crippen LogP contribution in [0.3, 0.4) is 0 Å². The molecule has 0 unspecified atom stereocenters. The number of halogens is 3. The fourth-order valence-corrected chi connectivity index (χ4v) is 3.86. The Bertz CT molecular complexity index is 962. The number of pyridine rings is 1. The van der Waals surface area contributed by atoms with E-state index >= 15 is 0 Å². The number of aromatic nitrogens is 1. The van der Waals surface area contributed by atoms with Gasteiger partial charge in [-0.1, -0.05) is 18.2 Å². The van der Waals surface area contributed by atoms with Crippen molar-refractivity contribution in [1.82, 2.24) is 9.88 Å². The summed E-state index contributed by atoms with van der Waals surface area (Å²) in [5.41, 5.74) is 3.16. The SMILES string of the molecule is FC(F)(F)Oc1ccc(CCCN2CCN(c3cccc4ncc[c]c34)CC2)cc1. The van der Waals surface area contributed by atoms with Crippen LogP contribution in [0.4, 0.5) is 18.9 Å². The Balaban J connectivity index is 1.24. The highest BCUT2D eigenvalue weighted by Gasteiger charge is 2.30. The van der Waals surface area contributed by atoms with Gasteiger partial charge in [-0.2, -0.15) is 0 Å². The fraction of sp³-hybridized carbons (Fsp3) is 0.348. The van der Waals surface area contributed by atoms with Crippen LogP contribution in [0, 0.1) is 6.07 Å². The van der Waals surface area contributed by atoms with Gasteiger partial charge in [-0.05, 0) is 61.3 Å². The number of aryl methyl sites for hydroxylation is 1. The van der Waals surface area contributed by atoms with E-state index in [4.69, 9.17) is 0 Å². The molecule has 0 aliphatic carbocycles. The smallest absolute Gasteiger partial charge is 0.406 e. The molecule has 1 radical (unpaired) electrons. The van der Waals surface area contributed by atoms with Gasteiger partial charge in [0, 0.05) is 43.4 Å². The highest BCUT2D eigenvalue weighted by Crippen LogP contribution is 2.26. The molecule has 1 fully saturated rings. The van der Waals surface area contributed by atoms with Gasteiger partial charge in [0.1, 0.15) is 5.75 Å². The molecule has 0 amide bonds. The van der Waals surface area contributed by atoms with Crippen molar-refractivity contribution in [3.05, 3.63) is 66.4 Å². The minimum atomic E-state index is -4.65. The van der Waals surface area contributed by atoms with Crippen LogP contribution < -0.4 is 9.64 Å². The predicted octanol–water partition coefficient (Wildman–Crippen LogP) is 4.69. The van der Waals surface area contributed by atoms with Crippen molar-refractivity contribution in [2.24, 2.45) is 0 Å². The van der Waals surface area contributed by atoms with Gasteiger partial charge in [0.05, 0.1) is 5.52 Å². The van der Waals surface area contributed by atoms with Crippen LogP contribution in [0.1, 0.15) is 12.0 Å². The molecule has 157 valence electrons. The maximum Gasteiger partial charge on any atom is 0.573 e. The summed E-state index contributed by atoms with van der Waals surface area (Å²) >= 11 is 0. The van der Waals surface area contributed by atoms with Crippen molar-refractivity contribution < 1.29 is 17.9 Å². The molecule has 1 aliphatic heterocycles. The molecule has 2 aromatic carbocycles. The maximum atomic E-state index is 12.2. The normalized spacial score (nSPS) is 15.5. The molecule has 0 saturated carbocycles. The molecule has 3 aromatic rings. The predicted molar refractivity (Wildman–Crippen MR) is 111 cm³/mol. The number of nitrogens with zero attached hydrogens (tertiary/aromatic N) is 3. The Morgan fingerprint density at radius 3 is 2.50 bits per heavy atom. The Hall–Kier alpha value is -2.80. The summed E-state index contributed by atoms with van der Waals surface area (Å²) in [6.45, 7) is 4.83. The number of anilines is 1. The average Bonchev–Trinajstić information content (AvgIpc) is 2.74. The minimum absolute atomic E-state index is 0.178. The lowest BCUT2D eigenvalue weighted by Gasteiger charge is -2.36. The standard InChI is InChI=1S/C23H23F3N3O/c24-23(25,26)30-19-10-8-18(9-11-19)4-3-13-28-14-16-29(17-15-28)22-7-1-6-21-20(22)5-2-12-27-21/h1-2,6-12H,3-4,13-17H2. The summed E-state index contributed by atoms with van der Waals surface area (Å²) in [7, 11) is 0. The van der Waals surface area contributed by atoms with Crippen LogP contribution in [-0.4, -0.2) is 49.0 Å². The van der Waals surface area contributed by atoms with Crippen molar-refractivity contribution in [3.8, 4) is 5.75 Å². The van der Waals surface area contributed by atoms with Crippen molar-refractivity contribution in [1.29, 1.82) is 0 Å². The van der Waals surface area contributed by atoms with Gasteiger partial charge in [-0.3, -0.25) is 9.88 Å². The first-order chi connectivity index (χ1) is 14.5. The average molecular weight is 414 g/mol. The number of hydrogen-bond acceptors (Lipinski definition) is 4. The second-order valence-electron chi connectivity index (χ2n) is 7.38. The summed E-state index contributed by atoms with van der Waals surface area (Å²) in [5, 5.41) is 1.06. The van der Waals surface area contributed by atoms with E-state index in [0.29, 0.717) is 0 Å². The van der Waals surface area contributed by atoms with Gasteiger partial charge in [-0.15, -0.1) is 13.2 Å². The summed E-state index contributed by atoms with van der Waals surface area (Å²) in [6.07, 6.45) is -1.09. The zero-order valence-electron chi connectivity index (χ0n) is 16.5. The van der Waals surface area contributed by atoms with Crippen molar-refractivity contribution in [3.63, 3.8) is 0 Å². The number of fused-ring (bicyclic) bond motifs is 1. The molecule has 0 spiro atoms. The summed E-state index contributed by atoms with van der Waals surface area (Å²) < 4.78 is 40.6. The Morgan fingerprint density at radius 1 is 1.00 bits per heavy atom. The topological polar surface area (TPSA) is 28.6 Å². The Kier molecular flexibility index (Phi) is 6.08. The van der Waals surface area contributed by atoms with Crippen LogP contribution >= 0.6 is 0 Å². The third-order valence-electron chi connectivity index (χ3n) is 5.35. The van der Waals surface area contributed by atoms with Crippen LogP contribution in [0.15, 0.2) is 54.7 Å². The monoisotopic (exact) mass is 414 g/mol. The van der Waals surface area contributed by atoms with Gasteiger partial charge in [-0.25, -0.2) is 0 Å². The molecule has 4 nitrogen and oxygen atoms in total. The number of alkyl halides is 3. The van der Waals surface area contributed by atoms with Gasteiger partial charge in [0.15, 0.2) is 0 Å². The van der Waals surface area contributed by atoms with E-state index in [1.807, 2.05) is 18.2 Å². The van der Waals surface area contributed by atoms with Gasteiger partial charge in [0.2, 0.25) is 0 Å². The number of benzene rings is 2. The lowest BCUT2D eigenvalue weighted by Crippen LogP contribution is -2.46. The molecule has 0 atom stereocenters. The van der Waals surface area contributed by atoms with Crippen molar-refractivity contribution in [2.75, 3.05) is 37.6 Å². The largest absolute Gasteiger partial charge is 0.573 e. The van der Waals surface area contributed by atoms with E-state index in [0.717, 1.165) is 62.0 Å². The maximum absolute atomic E-state index is 12.2. The molecule has 0 N–H and O–H groups in total. The first-order valence-corrected chi connectivity index (χ1v) is 10.1. The number of ether oxygens (including phenoxy) is 1. The third-order valence-corrected chi connectivity index (χ3v) is 5.35. The quantitative estimate of drug-likeness (QED) is 0.585. The highest BCUT2D eigenvalue weighted by atomic mass is 19.4. The molecule has 1 aromatic heterocycles. The molecular weight excluding hydrogens is 391 g/mol. The second kappa shape index (κ2) is 8.92. The van der Waals surface area contributed by atoms with Gasteiger partial charge < -0.3 is 9.64 Å². The molecule has 7 heteroatoms. The van der Waals surface area contributed by atoms with E-state index in [1.165, 1.54) is 17.8 Å². The van der Waals surface area contributed by atoms with Crippen LogP contribution in [0.2, 0.25) is 0 Å². The molecule has 1 aliphatic rings. The number of hydrogen-bond donors (Lipinski definition) is 0. The Morgan fingerprint density at radius 2 is 1.77 bits per heavy atom. The van der Waals surface area contributed by atoms with Crippen LogP contribution in [-0.2, 0) is 6.42 Å². The van der Waals surface area contributed by atoms with E-state index in [2.05, 4.69) is 31.7 Å². The third kappa shape index (κ3) is 5.21. The molecule has 4 rings (SSSR count). The van der Waals surface area contributed by atoms with E-state index < -0.39 is 6.36 Å². The van der Waals surface area contributed by atoms with Crippen LogP contribution in [0.25, 0.3) is 10.9 Å². The molecule has 1 saturated heterocycles. The highest BCUT2D eigenvalue weighted by molar-refractivity contribution is 5.91. The first-order valence-electron chi connectivity index (χ1n) is 10.1. The number of piperazine rings is 1. The minimum Gasteiger partial charge on any atom is -0.406 e. The fourth-order valence-electron chi connectivity index (χ4n) is 3.86. The molecular formula is C23H23F3N3O. The van der Waals surface area contributed by atoms with Crippen LogP contribution in [0.5, 0.6) is 5.75 Å². The zero-order chi connectivity index (χ0) is 21.0. The van der Waals surface area contributed by atoms with Crippen molar-refractivity contribution >= 4 is 16.6 Å². The van der Waals surface area contributed by atoms with E-state index in [9.17, 15) is 13.2 Å². The molecule has 2 heterocycles. The second-order valence-corrected chi connectivity index (χ2v) is 7.38. The molecule has 0 bridgehead atoms. The first kappa shape index (κ1) is 20.5.